The van der Waals surface area contributed by atoms with E-state index in [0.717, 1.165) is 45.1 Å². The van der Waals surface area contributed by atoms with Crippen LogP contribution in [0.5, 0.6) is 11.5 Å². The van der Waals surface area contributed by atoms with Gasteiger partial charge in [0.25, 0.3) is 0 Å². The van der Waals surface area contributed by atoms with E-state index in [1.165, 1.54) is 32.5 Å². The molecule has 1 saturated heterocycles. The second kappa shape index (κ2) is 10.5. The summed E-state index contributed by atoms with van der Waals surface area (Å²) in [6.45, 7) is 6.30. The molecule has 0 atom stereocenters. The minimum Gasteiger partial charge on any atom is -0.494 e. The Hall–Kier alpha value is -3.31. The number of aromatic nitrogens is 4. The fraction of sp³-hybridized carbons (Fsp3) is 0.409. The summed E-state index contributed by atoms with van der Waals surface area (Å²) in [5.41, 5.74) is 0.813. The number of ether oxygens (including phenoxy) is 3. The molecular weight excluding hydrogens is 434 g/mol. The standard InChI is InChI=1S/C22H26F2N6O3/c1-15-9-19(31-2)21(24)18(20(15)23)14-33-17-11-25-22(26-12-17)28-16-10-27-30(13-16)4-3-29-5-7-32-8-6-29/h9-13H,3-8,14H2,1-2H3,(H,25,26,28). The van der Waals surface area contributed by atoms with Crippen molar-refractivity contribution in [3.05, 3.63) is 53.6 Å². The predicted octanol–water partition coefficient (Wildman–Crippen LogP) is 2.92. The Morgan fingerprint density at radius 2 is 1.85 bits per heavy atom. The predicted molar refractivity (Wildman–Crippen MR) is 117 cm³/mol. The first kappa shape index (κ1) is 22.9. The molecule has 0 spiro atoms. The largest absolute Gasteiger partial charge is 0.494 e. The average Bonchev–Trinajstić information content (AvgIpc) is 3.29. The lowest BCUT2D eigenvalue weighted by Crippen LogP contribution is -2.38. The molecule has 0 saturated carbocycles. The van der Waals surface area contributed by atoms with Crippen molar-refractivity contribution >= 4 is 11.6 Å². The molecule has 9 nitrogen and oxygen atoms in total. The second-order valence-corrected chi connectivity index (χ2v) is 7.60. The molecule has 1 fully saturated rings. The highest BCUT2D eigenvalue weighted by Crippen LogP contribution is 2.27. The fourth-order valence-electron chi connectivity index (χ4n) is 3.44. The van der Waals surface area contributed by atoms with Gasteiger partial charge in [-0.2, -0.15) is 5.10 Å². The normalized spacial score (nSPS) is 14.3. The van der Waals surface area contributed by atoms with Gasteiger partial charge in [-0.05, 0) is 18.6 Å². The molecule has 0 radical (unpaired) electrons. The molecule has 3 heterocycles. The minimum atomic E-state index is -0.787. The van der Waals surface area contributed by atoms with Gasteiger partial charge < -0.3 is 19.5 Å². The Bertz CT molecular complexity index is 1070. The molecule has 1 N–H and O–H groups in total. The van der Waals surface area contributed by atoms with Gasteiger partial charge in [0.15, 0.2) is 17.3 Å². The van der Waals surface area contributed by atoms with Gasteiger partial charge in [0, 0.05) is 25.8 Å². The van der Waals surface area contributed by atoms with Crippen LogP contribution in [0.2, 0.25) is 0 Å². The van der Waals surface area contributed by atoms with E-state index in [9.17, 15) is 8.78 Å². The van der Waals surface area contributed by atoms with Gasteiger partial charge in [0.05, 0.1) is 56.7 Å². The molecule has 1 aliphatic rings. The van der Waals surface area contributed by atoms with Crippen LogP contribution in [0.4, 0.5) is 20.4 Å². The Balaban J connectivity index is 1.31. The maximum Gasteiger partial charge on any atom is 0.227 e. The van der Waals surface area contributed by atoms with Gasteiger partial charge in [-0.25, -0.2) is 18.7 Å². The number of rotatable bonds is 9. The van der Waals surface area contributed by atoms with E-state index < -0.39 is 11.6 Å². The van der Waals surface area contributed by atoms with Gasteiger partial charge in [0.1, 0.15) is 12.4 Å². The van der Waals surface area contributed by atoms with Crippen molar-refractivity contribution < 1.29 is 23.0 Å². The number of benzene rings is 1. The average molecular weight is 460 g/mol. The van der Waals surface area contributed by atoms with Crippen molar-refractivity contribution in [3.63, 3.8) is 0 Å². The summed E-state index contributed by atoms with van der Waals surface area (Å²) in [4.78, 5) is 10.7. The van der Waals surface area contributed by atoms with Crippen LogP contribution in [0.3, 0.4) is 0 Å². The van der Waals surface area contributed by atoms with Crippen molar-refractivity contribution in [2.75, 3.05) is 45.3 Å². The van der Waals surface area contributed by atoms with E-state index in [4.69, 9.17) is 14.2 Å². The van der Waals surface area contributed by atoms with Crippen molar-refractivity contribution in [3.8, 4) is 11.5 Å². The van der Waals surface area contributed by atoms with Crippen molar-refractivity contribution in [1.82, 2.24) is 24.6 Å². The van der Waals surface area contributed by atoms with E-state index in [1.54, 1.807) is 6.20 Å². The quantitative estimate of drug-likeness (QED) is 0.522. The lowest BCUT2D eigenvalue weighted by molar-refractivity contribution is 0.0360. The van der Waals surface area contributed by atoms with Crippen LogP contribution in [-0.2, 0) is 17.9 Å². The lowest BCUT2D eigenvalue weighted by Gasteiger charge is -2.26. The number of anilines is 2. The molecule has 1 aromatic carbocycles. The second-order valence-electron chi connectivity index (χ2n) is 7.60. The first-order valence-electron chi connectivity index (χ1n) is 10.6. The lowest BCUT2D eigenvalue weighted by atomic mass is 10.1. The summed E-state index contributed by atoms with van der Waals surface area (Å²) in [5, 5.41) is 7.42. The number of halogens is 2. The zero-order valence-electron chi connectivity index (χ0n) is 18.6. The first-order chi connectivity index (χ1) is 16.0. The molecule has 11 heteroatoms. The highest BCUT2D eigenvalue weighted by atomic mass is 19.1. The molecule has 0 bridgehead atoms. The molecule has 176 valence electrons. The van der Waals surface area contributed by atoms with E-state index in [2.05, 4.69) is 25.3 Å². The number of aryl methyl sites for hydroxylation is 1. The van der Waals surface area contributed by atoms with Gasteiger partial charge in [0.2, 0.25) is 5.95 Å². The van der Waals surface area contributed by atoms with Crippen LogP contribution < -0.4 is 14.8 Å². The third-order valence-corrected chi connectivity index (χ3v) is 5.31. The third-order valence-electron chi connectivity index (χ3n) is 5.31. The molecule has 3 aromatic rings. The Labute approximate surface area is 190 Å². The van der Waals surface area contributed by atoms with E-state index in [0.29, 0.717) is 5.95 Å². The summed E-state index contributed by atoms with van der Waals surface area (Å²) in [6, 6.07) is 1.31. The van der Waals surface area contributed by atoms with E-state index in [-0.39, 0.29) is 29.2 Å². The number of morpholine rings is 1. The number of nitrogens with zero attached hydrogens (tertiary/aromatic N) is 5. The Morgan fingerprint density at radius 3 is 2.58 bits per heavy atom. The van der Waals surface area contributed by atoms with Gasteiger partial charge in [-0.3, -0.25) is 9.58 Å². The van der Waals surface area contributed by atoms with Crippen LogP contribution >= 0.6 is 0 Å². The minimum absolute atomic E-state index is 0.0335. The number of hydrogen-bond acceptors (Lipinski definition) is 8. The topological polar surface area (TPSA) is 86.6 Å². The monoisotopic (exact) mass is 460 g/mol. The highest BCUT2D eigenvalue weighted by molar-refractivity contribution is 5.50. The summed E-state index contributed by atoms with van der Waals surface area (Å²) >= 11 is 0. The van der Waals surface area contributed by atoms with Crippen LogP contribution in [0, 0.1) is 18.6 Å². The Kier molecular flexibility index (Phi) is 7.30. The summed E-state index contributed by atoms with van der Waals surface area (Å²) in [7, 11) is 1.33. The van der Waals surface area contributed by atoms with Gasteiger partial charge in [-0.1, -0.05) is 0 Å². The van der Waals surface area contributed by atoms with Gasteiger partial charge >= 0.3 is 0 Å². The maximum absolute atomic E-state index is 14.4. The molecule has 1 aliphatic heterocycles. The molecule has 4 rings (SSSR count). The summed E-state index contributed by atoms with van der Waals surface area (Å²) < 4.78 is 46.4. The number of hydrogen-bond donors (Lipinski definition) is 1. The first-order valence-corrected chi connectivity index (χ1v) is 10.6. The number of methoxy groups -OCH3 is 1. The van der Waals surface area contributed by atoms with Crippen LogP contribution in [0.15, 0.2) is 30.9 Å². The van der Waals surface area contributed by atoms with Crippen LogP contribution in [-0.4, -0.2) is 64.6 Å². The van der Waals surface area contributed by atoms with Crippen molar-refractivity contribution in [2.24, 2.45) is 0 Å². The third kappa shape index (κ3) is 5.74. The smallest absolute Gasteiger partial charge is 0.227 e. The van der Waals surface area contributed by atoms with Crippen molar-refractivity contribution in [1.29, 1.82) is 0 Å². The van der Waals surface area contributed by atoms with Crippen LogP contribution in [0.25, 0.3) is 0 Å². The molecule has 2 aromatic heterocycles. The van der Waals surface area contributed by atoms with Crippen LogP contribution in [0.1, 0.15) is 11.1 Å². The molecular formula is C22H26F2N6O3. The summed E-state index contributed by atoms with van der Waals surface area (Å²) in [6.07, 6.45) is 6.44. The SMILES string of the molecule is COc1cc(C)c(F)c(COc2cnc(Nc3cnn(CCN4CCOCC4)c3)nc2)c1F. The molecule has 0 unspecified atom stereocenters. The van der Waals surface area contributed by atoms with E-state index >= 15 is 0 Å². The summed E-state index contributed by atoms with van der Waals surface area (Å²) in [5.74, 6) is -0.858. The van der Waals surface area contributed by atoms with Crippen molar-refractivity contribution in [2.45, 2.75) is 20.1 Å². The molecule has 0 aliphatic carbocycles. The fourth-order valence-corrected chi connectivity index (χ4v) is 3.44. The van der Waals surface area contributed by atoms with E-state index in [1.807, 2.05) is 10.9 Å². The number of nitrogens with one attached hydrogen (secondary N) is 1. The molecule has 0 amide bonds. The Morgan fingerprint density at radius 1 is 1.09 bits per heavy atom. The zero-order valence-corrected chi connectivity index (χ0v) is 18.6. The highest BCUT2D eigenvalue weighted by Gasteiger charge is 2.18. The maximum atomic E-state index is 14.4. The zero-order chi connectivity index (χ0) is 23.2. The molecule has 33 heavy (non-hydrogen) atoms. The van der Waals surface area contributed by atoms with Gasteiger partial charge in [-0.15, -0.1) is 0 Å².